The minimum atomic E-state index is -0.762. The molecule has 3 amide bonds. The molecule has 0 radical (unpaired) electrons. The normalized spacial score (nSPS) is 16.9. The maximum absolute atomic E-state index is 14.5. The maximum atomic E-state index is 14.5. The van der Waals surface area contributed by atoms with Crippen molar-refractivity contribution in [2.24, 2.45) is 0 Å². The third-order valence-corrected chi connectivity index (χ3v) is 8.86. The quantitative estimate of drug-likeness (QED) is 0.294. The Bertz CT molecular complexity index is 1570. The smallest absolute Gasteiger partial charge is 0.318 e. The fraction of sp³-hybridized carbons (Fsp3) is 0.371. The van der Waals surface area contributed by atoms with Crippen molar-refractivity contribution in [3.8, 4) is 5.75 Å². The number of aromatic nitrogens is 1. The number of anilines is 1. The molecule has 4 aromatic rings. The van der Waals surface area contributed by atoms with Crippen LogP contribution >= 0.6 is 0 Å². The standard InChI is InChI=1S/C35H41N5O3/c1-24(29-22-36-30-12-8-7-11-28(29)30)33(37-35(42)39-17-15-27(16-18-39)26-9-5-4-6-10-26)34(41)40-19-20-43-32-14-13-25(21-31(32)40)23-38(2)3/h4-14,21-22,24,27,33,36H,15-20,23H2,1-3H3,(H,37,42)/t24-,33+/m0/s1. The minimum absolute atomic E-state index is 0.128. The fourth-order valence-corrected chi connectivity index (χ4v) is 6.54. The molecule has 0 spiro atoms. The van der Waals surface area contributed by atoms with E-state index >= 15 is 0 Å². The van der Waals surface area contributed by atoms with Gasteiger partial charge in [-0.05, 0) is 67.7 Å². The molecule has 8 nitrogen and oxygen atoms in total. The Morgan fingerprint density at radius 2 is 1.74 bits per heavy atom. The molecule has 3 heterocycles. The molecule has 3 aromatic carbocycles. The first kappa shape index (κ1) is 28.8. The Balaban J connectivity index is 1.27. The van der Waals surface area contributed by atoms with Gasteiger partial charge in [0.15, 0.2) is 0 Å². The van der Waals surface area contributed by atoms with E-state index in [4.69, 9.17) is 4.74 Å². The number of carbonyl (C=O) groups excluding carboxylic acids is 2. The van der Waals surface area contributed by atoms with Crippen LogP contribution in [0.1, 0.15) is 48.3 Å². The fourth-order valence-electron chi connectivity index (χ4n) is 6.54. The van der Waals surface area contributed by atoms with Crippen LogP contribution in [0.3, 0.4) is 0 Å². The van der Waals surface area contributed by atoms with Gasteiger partial charge in [-0.1, -0.05) is 61.5 Å². The van der Waals surface area contributed by atoms with Gasteiger partial charge < -0.3 is 29.7 Å². The summed E-state index contributed by atoms with van der Waals surface area (Å²) in [5.41, 5.74) is 5.19. The maximum Gasteiger partial charge on any atom is 0.318 e. The first-order chi connectivity index (χ1) is 20.9. The van der Waals surface area contributed by atoms with Gasteiger partial charge in [-0.2, -0.15) is 0 Å². The first-order valence-electron chi connectivity index (χ1n) is 15.3. The van der Waals surface area contributed by atoms with Crippen LogP contribution in [0.15, 0.2) is 79.0 Å². The van der Waals surface area contributed by atoms with Crippen LogP contribution in [0, 0.1) is 0 Å². The number of urea groups is 1. The molecule has 6 rings (SSSR count). The summed E-state index contributed by atoms with van der Waals surface area (Å²) in [7, 11) is 4.05. The van der Waals surface area contributed by atoms with Crippen molar-refractivity contribution in [3.05, 3.63) is 95.7 Å². The molecule has 0 bridgehead atoms. The second-order valence-electron chi connectivity index (χ2n) is 12.1. The number of nitrogens with one attached hydrogen (secondary N) is 2. The highest BCUT2D eigenvalue weighted by Crippen LogP contribution is 2.36. The first-order valence-corrected chi connectivity index (χ1v) is 15.3. The molecule has 224 valence electrons. The highest BCUT2D eigenvalue weighted by Gasteiger charge is 2.37. The number of hydrogen-bond acceptors (Lipinski definition) is 4. The molecule has 0 saturated carbocycles. The summed E-state index contributed by atoms with van der Waals surface area (Å²) in [5.74, 6) is 0.728. The van der Waals surface area contributed by atoms with Crippen LogP contribution in [0.5, 0.6) is 5.75 Å². The van der Waals surface area contributed by atoms with Crippen molar-refractivity contribution < 1.29 is 14.3 Å². The number of ether oxygens (including phenoxy) is 1. The Labute approximate surface area is 253 Å². The average molecular weight is 580 g/mol. The molecule has 0 aliphatic carbocycles. The summed E-state index contributed by atoms with van der Waals surface area (Å²) in [4.78, 5) is 37.5. The van der Waals surface area contributed by atoms with Crippen LogP contribution in [-0.4, -0.2) is 73.1 Å². The van der Waals surface area contributed by atoms with Crippen molar-refractivity contribution in [2.45, 2.75) is 44.2 Å². The predicted molar refractivity (Wildman–Crippen MR) is 171 cm³/mol. The highest BCUT2D eigenvalue weighted by atomic mass is 16.5. The van der Waals surface area contributed by atoms with Crippen LogP contribution in [0.2, 0.25) is 0 Å². The Morgan fingerprint density at radius 1 is 1.00 bits per heavy atom. The van der Waals surface area contributed by atoms with Crippen molar-refractivity contribution in [3.63, 3.8) is 0 Å². The number of carbonyl (C=O) groups is 2. The van der Waals surface area contributed by atoms with Gasteiger partial charge in [0.1, 0.15) is 18.4 Å². The SMILES string of the molecule is C[C@@H](c1c[nH]c2ccccc12)[C@@H](NC(=O)N1CCC(c2ccccc2)CC1)C(=O)N1CCOc2ccc(CN(C)C)cc21. The highest BCUT2D eigenvalue weighted by molar-refractivity contribution is 6.01. The Morgan fingerprint density at radius 3 is 2.51 bits per heavy atom. The van der Waals surface area contributed by atoms with E-state index in [2.05, 4.69) is 45.5 Å². The molecule has 1 fully saturated rings. The van der Waals surface area contributed by atoms with E-state index in [-0.39, 0.29) is 17.9 Å². The number of para-hydroxylation sites is 1. The summed E-state index contributed by atoms with van der Waals surface area (Å²) in [5, 5.41) is 4.26. The number of aromatic amines is 1. The number of rotatable bonds is 7. The minimum Gasteiger partial charge on any atom is -0.490 e. The number of amides is 3. The van der Waals surface area contributed by atoms with Crippen LogP contribution in [0.4, 0.5) is 10.5 Å². The molecular weight excluding hydrogens is 538 g/mol. The molecule has 1 aromatic heterocycles. The van der Waals surface area contributed by atoms with E-state index in [9.17, 15) is 9.59 Å². The van der Waals surface area contributed by atoms with Gasteiger partial charge in [0.2, 0.25) is 5.91 Å². The van der Waals surface area contributed by atoms with E-state index in [0.29, 0.717) is 37.9 Å². The number of likely N-dealkylation sites (tertiary alicyclic amines) is 1. The van der Waals surface area contributed by atoms with E-state index in [1.807, 2.05) is 74.6 Å². The molecule has 2 aliphatic heterocycles. The van der Waals surface area contributed by atoms with Gasteiger partial charge in [0.25, 0.3) is 0 Å². The number of benzene rings is 3. The lowest BCUT2D eigenvalue weighted by Gasteiger charge is -2.37. The van der Waals surface area contributed by atoms with Crippen molar-refractivity contribution >= 4 is 28.5 Å². The van der Waals surface area contributed by atoms with Crippen molar-refractivity contribution in [1.82, 2.24) is 20.1 Å². The van der Waals surface area contributed by atoms with E-state index in [0.717, 1.165) is 47.1 Å². The second kappa shape index (κ2) is 12.5. The number of piperidine rings is 1. The van der Waals surface area contributed by atoms with Gasteiger partial charge in [-0.15, -0.1) is 0 Å². The summed E-state index contributed by atoms with van der Waals surface area (Å²) in [6.45, 7) is 4.92. The zero-order valence-corrected chi connectivity index (χ0v) is 25.3. The zero-order valence-electron chi connectivity index (χ0n) is 25.3. The number of hydrogen-bond donors (Lipinski definition) is 2. The molecular formula is C35H41N5O3. The summed E-state index contributed by atoms with van der Waals surface area (Å²) in [6, 6.07) is 23.7. The second-order valence-corrected chi connectivity index (χ2v) is 12.1. The Hall–Kier alpha value is -4.30. The predicted octanol–water partition coefficient (Wildman–Crippen LogP) is 5.72. The summed E-state index contributed by atoms with van der Waals surface area (Å²) >= 11 is 0. The summed E-state index contributed by atoms with van der Waals surface area (Å²) in [6.07, 6.45) is 3.77. The van der Waals surface area contributed by atoms with Crippen molar-refractivity contribution in [2.75, 3.05) is 45.2 Å². The Kier molecular flexibility index (Phi) is 8.38. The van der Waals surface area contributed by atoms with Gasteiger partial charge in [0.05, 0.1) is 12.2 Å². The molecule has 43 heavy (non-hydrogen) atoms. The molecule has 2 aliphatic rings. The molecule has 2 atom stereocenters. The van der Waals surface area contributed by atoms with Gasteiger partial charge in [-0.25, -0.2) is 4.79 Å². The molecule has 0 unspecified atom stereocenters. The van der Waals surface area contributed by atoms with Crippen LogP contribution in [0.25, 0.3) is 10.9 Å². The largest absolute Gasteiger partial charge is 0.490 e. The van der Waals surface area contributed by atoms with E-state index < -0.39 is 6.04 Å². The van der Waals surface area contributed by atoms with Gasteiger partial charge in [-0.3, -0.25) is 4.79 Å². The lowest BCUT2D eigenvalue weighted by atomic mass is 9.89. The number of fused-ring (bicyclic) bond motifs is 2. The monoisotopic (exact) mass is 579 g/mol. The zero-order chi connectivity index (χ0) is 29.9. The van der Waals surface area contributed by atoms with Gasteiger partial charge >= 0.3 is 6.03 Å². The van der Waals surface area contributed by atoms with Crippen molar-refractivity contribution in [1.29, 1.82) is 0 Å². The third-order valence-electron chi connectivity index (χ3n) is 8.86. The van der Waals surface area contributed by atoms with E-state index in [1.54, 1.807) is 4.90 Å². The molecule has 8 heteroatoms. The molecule has 1 saturated heterocycles. The average Bonchev–Trinajstić information content (AvgIpc) is 3.47. The summed E-state index contributed by atoms with van der Waals surface area (Å²) < 4.78 is 5.95. The van der Waals surface area contributed by atoms with Crippen LogP contribution < -0.4 is 15.0 Å². The third kappa shape index (κ3) is 6.11. The lowest BCUT2D eigenvalue weighted by molar-refractivity contribution is -0.121. The number of nitrogens with zero attached hydrogens (tertiary/aromatic N) is 3. The topological polar surface area (TPSA) is 80.9 Å². The van der Waals surface area contributed by atoms with Gasteiger partial charge in [0, 0.05) is 42.7 Å². The molecule has 2 N–H and O–H groups in total. The lowest BCUT2D eigenvalue weighted by Crippen LogP contribution is -2.56. The van der Waals surface area contributed by atoms with Crippen LogP contribution in [-0.2, 0) is 11.3 Å². The van der Waals surface area contributed by atoms with E-state index in [1.165, 1.54) is 5.56 Å². The number of H-pyrrole nitrogens is 1.